The van der Waals surface area contributed by atoms with Crippen LogP contribution in [0, 0.1) is 0 Å². The summed E-state index contributed by atoms with van der Waals surface area (Å²) in [5.41, 5.74) is 0.799. The standard InChI is InChI=1S/C11H10N2O4/c1-2-17-11(16)9-7-5-6(10(14)15)3-4-8(7)12-13-9/h3-5H,2H2,1H3,(H,12,13)(H,14,15). The first-order valence-corrected chi connectivity index (χ1v) is 5.02. The predicted octanol–water partition coefficient (Wildman–Crippen LogP) is 1.44. The highest BCUT2D eigenvalue weighted by atomic mass is 16.5. The van der Waals surface area contributed by atoms with Gasteiger partial charge in [0.2, 0.25) is 0 Å². The predicted molar refractivity (Wildman–Crippen MR) is 59.0 cm³/mol. The lowest BCUT2D eigenvalue weighted by Crippen LogP contribution is -2.05. The third-order valence-corrected chi connectivity index (χ3v) is 2.28. The molecule has 0 amide bonds. The molecule has 0 saturated heterocycles. The molecule has 0 bridgehead atoms. The highest BCUT2D eigenvalue weighted by molar-refractivity contribution is 6.04. The van der Waals surface area contributed by atoms with Crippen LogP contribution in [-0.2, 0) is 4.74 Å². The summed E-state index contributed by atoms with van der Waals surface area (Å²) in [5.74, 6) is -1.62. The maximum absolute atomic E-state index is 11.5. The second-order valence-corrected chi connectivity index (χ2v) is 3.36. The van der Waals surface area contributed by atoms with Crippen molar-refractivity contribution in [2.45, 2.75) is 6.92 Å². The van der Waals surface area contributed by atoms with Crippen molar-refractivity contribution in [3.8, 4) is 0 Å². The summed E-state index contributed by atoms with van der Waals surface area (Å²) < 4.78 is 4.83. The van der Waals surface area contributed by atoms with Gasteiger partial charge in [0, 0.05) is 5.39 Å². The van der Waals surface area contributed by atoms with Gasteiger partial charge in [0.25, 0.3) is 0 Å². The summed E-state index contributed by atoms with van der Waals surface area (Å²) in [6, 6.07) is 4.40. The number of carboxylic acid groups (broad SMARTS) is 1. The zero-order valence-corrected chi connectivity index (χ0v) is 9.06. The number of benzene rings is 1. The van der Waals surface area contributed by atoms with Gasteiger partial charge in [-0.25, -0.2) is 9.59 Å². The van der Waals surface area contributed by atoms with Crippen molar-refractivity contribution in [3.05, 3.63) is 29.5 Å². The molecule has 0 aliphatic carbocycles. The number of esters is 1. The number of H-pyrrole nitrogens is 1. The minimum atomic E-state index is -1.05. The van der Waals surface area contributed by atoms with E-state index in [1.165, 1.54) is 12.1 Å². The molecule has 88 valence electrons. The molecule has 1 aromatic carbocycles. The van der Waals surface area contributed by atoms with Crippen LogP contribution < -0.4 is 0 Å². The van der Waals surface area contributed by atoms with Crippen LogP contribution in [-0.4, -0.2) is 33.8 Å². The summed E-state index contributed by atoms with van der Waals surface area (Å²) >= 11 is 0. The van der Waals surface area contributed by atoms with Crippen LogP contribution in [0.15, 0.2) is 18.2 Å². The van der Waals surface area contributed by atoms with E-state index < -0.39 is 11.9 Å². The summed E-state index contributed by atoms with van der Waals surface area (Å²) in [7, 11) is 0. The first-order valence-electron chi connectivity index (χ1n) is 5.02. The molecule has 17 heavy (non-hydrogen) atoms. The Bertz CT molecular complexity index is 588. The van der Waals surface area contributed by atoms with E-state index in [-0.39, 0.29) is 17.9 Å². The van der Waals surface area contributed by atoms with Gasteiger partial charge in [-0.05, 0) is 25.1 Å². The lowest BCUT2D eigenvalue weighted by Gasteiger charge is -1.98. The molecular formula is C11H10N2O4. The molecule has 0 spiro atoms. The Morgan fingerprint density at radius 2 is 2.24 bits per heavy atom. The molecule has 6 heteroatoms. The summed E-state index contributed by atoms with van der Waals surface area (Å²) in [6.45, 7) is 1.93. The van der Waals surface area contributed by atoms with Gasteiger partial charge in [-0.3, -0.25) is 5.10 Å². The minimum Gasteiger partial charge on any atom is -0.478 e. The van der Waals surface area contributed by atoms with Crippen molar-refractivity contribution in [2.24, 2.45) is 0 Å². The number of carboxylic acids is 1. The van der Waals surface area contributed by atoms with E-state index in [2.05, 4.69) is 10.2 Å². The van der Waals surface area contributed by atoms with Crippen LogP contribution in [0.1, 0.15) is 27.8 Å². The number of hydrogen-bond acceptors (Lipinski definition) is 4. The largest absolute Gasteiger partial charge is 0.478 e. The molecule has 2 rings (SSSR count). The number of aromatic nitrogens is 2. The van der Waals surface area contributed by atoms with E-state index in [4.69, 9.17) is 9.84 Å². The highest BCUT2D eigenvalue weighted by Gasteiger charge is 2.16. The van der Waals surface area contributed by atoms with E-state index >= 15 is 0 Å². The third-order valence-electron chi connectivity index (χ3n) is 2.28. The second kappa shape index (κ2) is 4.25. The van der Waals surface area contributed by atoms with Gasteiger partial charge in [0.1, 0.15) is 0 Å². The quantitative estimate of drug-likeness (QED) is 0.784. The van der Waals surface area contributed by atoms with Gasteiger partial charge in [-0.2, -0.15) is 5.10 Å². The summed E-state index contributed by atoms with van der Waals surface area (Å²) in [4.78, 5) is 22.4. The molecule has 0 unspecified atom stereocenters. The van der Waals surface area contributed by atoms with Gasteiger partial charge in [-0.15, -0.1) is 0 Å². The molecule has 0 aliphatic rings. The fourth-order valence-electron chi connectivity index (χ4n) is 1.50. The number of hydrogen-bond donors (Lipinski definition) is 2. The molecule has 2 aromatic rings. The fourth-order valence-corrected chi connectivity index (χ4v) is 1.50. The normalized spacial score (nSPS) is 10.4. The van der Waals surface area contributed by atoms with Crippen molar-refractivity contribution in [1.82, 2.24) is 10.2 Å². The van der Waals surface area contributed by atoms with Crippen molar-refractivity contribution >= 4 is 22.8 Å². The number of ether oxygens (including phenoxy) is 1. The molecule has 0 atom stereocenters. The molecule has 2 N–H and O–H groups in total. The summed E-state index contributed by atoms with van der Waals surface area (Å²) in [5, 5.41) is 15.8. The molecular weight excluding hydrogens is 224 g/mol. The monoisotopic (exact) mass is 234 g/mol. The lowest BCUT2D eigenvalue weighted by atomic mass is 10.1. The van der Waals surface area contributed by atoms with E-state index in [0.29, 0.717) is 10.9 Å². The smallest absolute Gasteiger partial charge is 0.359 e. The van der Waals surface area contributed by atoms with Crippen molar-refractivity contribution < 1.29 is 19.4 Å². The first kappa shape index (κ1) is 11.1. The van der Waals surface area contributed by atoms with E-state index in [0.717, 1.165) is 0 Å². The molecule has 0 fully saturated rings. The van der Waals surface area contributed by atoms with Crippen molar-refractivity contribution in [3.63, 3.8) is 0 Å². The Morgan fingerprint density at radius 3 is 2.88 bits per heavy atom. The van der Waals surface area contributed by atoms with Crippen LogP contribution in [0.4, 0.5) is 0 Å². The van der Waals surface area contributed by atoms with Crippen LogP contribution in [0.5, 0.6) is 0 Å². The molecule has 6 nitrogen and oxygen atoms in total. The Labute approximate surface area is 96.2 Å². The number of fused-ring (bicyclic) bond motifs is 1. The van der Waals surface area contributed by atoms with Crippen LogP contribution in [0.25, 0.3) is 10.9 Å². The third kappa shape index (κ3) is 1.96. The van der Waals surface area contributed by atoms with Crippen LogP contribution in [0.2, 0.25) is 0 Å². The number of aromatic carboxylic acids is 1. The number of rotatable bonds is 3. The molecule has 0 aliphatic heterocycles. The molecule has 1 aromatic heterocycles. The van der Waals surface area contributed by atoms with Crippen molar-refractivity contribution in [1.29, 1.82) is 0 Å². The number of carbonyl (C=O) groups is 2. The number of nitrogens with zero attached hydrogens (tertiary/aromatic N) is 1. The Balaban J connectivity index is 2.54. The topological polar surface area (TPSA) is 92.3 Å². The van der Waals surface area contributed by atoms with Gasteiger partial charge in [0.05, 0.1) is 17.7 Å². The molecule has 0 radical (unpaired) electrons. The first-order chi connectivity index (χ1) is 8.13. The van der Waals surface area contributed by atoms with Crippen molar-refractivity contribution in [2.75, 3.05) is 6.61 Å². The number of carbonyl (C=O) groups excluding carboxylic acids is 1. The highest BCUT2D eigenvalue weighted by Crippen LogP contribution is 2.18. The average Bonchev–Trinajstić information content (AvgIpc) is 2.71. The summed E-state index contributed by atoms with van der Waals surface area (Å²) in [6.07, 6.45) is 0. The Kier molecular flexibility index (Phi) is 2.78. The van der Waals surface area contributed by atoms with Gasteiger partial charge in [0.15, 0.2) is 5.69 Å². The molecule has 0 saturated carbocycles. The van der Waals surface area contributed by atoms with E-state index in [1.54, 1.807) is 13.0 Å². The van der Waals surface area contributed by atoms with Gasteiger partial charge in [-0.1, -0.05) is 0 Å². The maximum atomic E-state index is 11.5. The maximum Gasteiger partial charge on any atom is 0.359 e. The lowest BCUT2D eigenvalue weighted by molar-refractivity contribution is 0.0521. The number of aromatic amines is 1. The Morgan fingerprint density at radius 1 is 1.47 bits per heavy atom. The fraction of sp³-hybridized carbons (Fsp3) is 0.182. The van der Waals surface area contributed by atoms with E-state index in [1.807, 2.05) is 0 Å². The van der Waals surface area contributed by atoms with Crippen LogP contribution >= 0.6 is 0 Å². The molecule has 1 heterocycles. The zero-order chi connectivity index (χ0) is 12.4. The second-order valence-electron chi connectivity index (χ2n) is 3.36. The number of nitrogens with one attached hydrogen (secondary N) is 1. The van der Waals surface area contributed by atoms with E-state index in [9.17, 15) is 9.59 Å². The minimum absolute atomic E-state index is 0.101. The zero-order valence-electron chi connectivity index (χ0n) is 9.06. The van der Waals surface area contributed by atoms with Crippen LogP contribution in [0.3, 0.4) is 0 Å². The van der Waals surface area contributed by atoms with Gasteiger partial charge >= 0.3 is 11.9 Å². The Hall–Kier alpha value is -2.37. The average molecular weight is 234 g/mol. The SMILES string of the molecule is CCOC(=O)c1n[nH]c2ccc(C(=O)O)cc12. The van der Waals surface area contributed by atoms with Gasteiger partial charge < -0.3 is 9.84 Å².